The fourth-order valence-electron chi connectivity index (χ4n) is 1.44. The number of amides is 1. The lowest BCUT2D eigenvalue weighted by Gasteiger charge is -2.20. The third-order valence-electron chi connectivity index (χ3n) is 2.27. The molecule has 1 rings (SSSR count). The van der Waals surface area contributed by atoms with Gasteiger partial charge in [-0.05, 0) is 26.8 Å². The van der Waals surface area contributed by atoms with Gasteiger partial charge in [0.25, 0.3) is 11.5 Å². The van der Waals surface area contributed by atoms with Gasteiger partial charge < -0.3 is 14.6 Å². The predicted octanol–water partition coefficient (Wildman–Crippen LogP) is 1.02. The van der Waals surface area contributed by atoms with Crippen molar-refractivity contribution in [2.24, 2.45) is 0 Å². The molecular weight excluding hydrogens is 232 g/mol. The molecule has 0 fully saturated rings. The van der Waals surface area contributed by atoms with Crippen molar-refractivity contribution in [3.63, 3.8) is 0 Å². The highest BCUT2D eigenvalue weighted by molar-refractivity contribution is 5.94. The lowest BCUT2D eigenvalue weighted by atomic mass is 10.1. The first kappa shape index (κ1) is 14.4. The van der Waals surface area contributed by atoms with Gasteiger partial charge in [0.2, 0.25) is 0 Å². The minimum absolute atomic E-state index is 0.139. The lowest BCUT2D eigenvalue weighted by molar-refractivity contribution is 0.0918. The molecule has 18 heavy (non-hydrogen) atoms. The molecule has 1 N–H and O–H groups in total. The number of nitrogens with one attached hydrogen (secondary N) is 1. The average molecular weight is 252 g/mol. The molecule has 1 aromatic rings. The molecular formula is C13H20N2O3. The summed E-state index contributed by atoms with van der Waals surface area (Å²) in [7, 11) is 1.57. The molecule has 100 valence electrons. The number of carbonyl (C=O) groups excluding carboxylic acids is 1. The standard InChI is InChI=1S/C13H20N2O3/c1-13(2,3)14-12(17)10-5-6-11(16)15(9-10)7-8-18-4/h5-6,9H,7-8H2,1-4H3,(H,14,17). The molecule has 0 bridgehead atoms. The molecule has 0 aliphatic heterocycles. The summed E-state index contributed by atoms with van der Waals surface area (Å²) in [5.41, 5.74) is 0.0323. The minimum atomic E-state index is -0.301. The van der Waals surface area contributed by atoms with Gasteiger partial charge in [0.15, 0.2) is 0 Å². The Morgan fingerprint density at radius 3 is 2.61 bits per heavy atom. The van der Waals surface area contributed by atoms with E-state index in [1.807, 2.05) is 20.8 Å². The topological polar surface area (TPSA) is 60.3 Å². The molecule has 0 aliphatic rings. The Morgan fingerprint density at radius 2 is 2.06 bits per heavy atom. The van der Waals surface area contributed by atoms with E-state index >= 15 is 0 Å². The van der Waals surface area contributed by atoms with E-state index in [0.29, 0.717) is 18.7 Å². The van der Waals surface area contributed by atoms with Crippen LogP contribution in [-0.2, 0) is 11.3 Å². The maximum absolute atomic E-state index is 11.9. The molecule has 0 spiro atoms. The summed E-state index contributed by atoms with van der Waals surface area (Å²) in [6.45, 7) is 6.60. The molecule has 0 aliphatic carbocycles. The highest BCUT2D eigenvalue weighted by Crippen LogP contribution is 2.03. The van der Waals surface area contributed by atoms with Crippen molar-refractivity contribution in [2.45, 2.75) is 32.9 Å². The van der Waals surface area contributed by atoms with Crippen molar-refractivity contribution >= 4 is 5.91 Å². The first-order valence-corrected chi connectivity index (χ1v) is 5.85. The second-order valence-electron chi connectivity index (χ2n) is 5.15. The number of hydrogen-bond acceptors (Lipinski definition) is 3. The zero-order valence-corrected chi connectivity index (χ0v) is 11.3. The second kappa shape index (κ2) is 5.82. The molecule has 1 amide bonds. The average Bonchev–Trinajstić information content (AvgIpc) is 2.25. The molecule has 1 aromatic heterocycles. The maximum atomic E-state index is 11.9. The Labute approximate surface area is 107 Å². The van der Waals surface area contributed by atoms with Gasteiger partial charge in [-0.15, -0.1) is 0 Å². The van der Waals surface area contributed by atoms with Crippen LogP contribution in [0.15, 0.2) is 23.1 Å². The van der Waals surface area contributed by atoms with E-state index in [-0.39, 0.29) is 17.0 Å². The zero-order valence-electron chi connectivity index (χ0n) is 11.3. The summed E-state index contributed by atoms with van der Waals surface area (Å²) < 4.78 is 6.39. The van der Waals surface area contributed by atoms with Gasteiger partial charge in [0, 0.05) is 31.5 Å². The summed E-state index contributed by atoms with van der Waals surface area (Å²) in [4.78, 5) is 23.5. The first-order valence-electron chi connectivity index (χ1n) is 5.85. The highest BCUT2D eigenvalue weighted by Gasteiger charge is 2.15. The fraction of sp³-hybridized carbons (Fsp3) is 0.538. The van der Waals surface area contributed by atoms with E-state index in [9.17, 15) is 9.59 Å². The molecule has 0 saturated carbocycles. The number of aromatic nitrogens is 1. The van der Waals surface area contributed by atoms with Crippen molar-refractivity contribution < 1.29 is 9.53 Å². The molecule has 0 aromatic carbocycles. The smallest absolute Gasteiger partial charge is 0.253 e. The Bertz CT molecular complexity index is 472. The third kappa shape index (κ3) is 4.33. The quantitative estimate of drug-likeness (QED) is 0.870. The Balaban J connectivity index is 2.90. The van der Waals surface area contributed by atoms with Gasteiger partial charge >= 0.3 is 0 Å². The van der Waals surface area contributed by atoms with Crippen molar-refractivity contribution in [1.29, 1.82) is 0 Å². The SMILES string of the molecule is COCCn1cc(C(=O)NC(C)(C)C)ccc1=O. The number of nitrogens with zero attached hydrogens (tertiary/aromatic N) is 1. The van der Waals surface area contributed by atoms with Gasteiger partial charge in [-0.3, -0.25) is 9.59 Å². The number of rotatable bonds is 4. The van der Waals surface area contributed by atoms with Crippen LogP contribution in [0.2, 0.25) is 0 Å². The molecule has 0 unspecified atom stereocenters. The largest absolute Gasteiger partial charge is 0.383 e. The van der Waals surface area contributed by atoms with Gasteiger partial charge in [0.1, 0.15) is 0 Å². The van der Waals surface area contributed by atoms with E-state index in [1.54, 1.807) is 13.3 Å². The van der Waals surface area contributed by atoms with E-state index in [4.69, 9.17) is 4.74 Å². The van der Waals surface area contributed by atoms with Crippen molar-refractivity contribution in [1.82, 2.24) is 9.88 Å². The number of ether oxygens (including phenoxy) is 1. The molecule has 5 heteroatoms. The van der Waals surface area contributed by atoms with E-state index in [0.717, 1.165) is 0 Å². The molecule has 0 saturated heterocycles. The van der Waals surface area contributed by atoms with Crippen LogP contribution in [0.1, 0.15) is 31.1 Å². The van der Waals surface area contributed by atoms with Crippen molar-refractivity contribution in [2.75, 3.05) is 13.7 Å². The van der Waals surface area contributed by atoms with E-state index in [1.165, 1.54) is 16.7 Å². The monoisotopic (exact) mass is 252 g/mol. The van der Waals surface area contributed by atoms with Crippen LogP contribution in [0, 0.1) is 0 Å². The summed E-state index contributed by atoms with van der Waals surface area (Å²) >= 11 is 0. The highest BCUT2D eigenvalue weighted by atomic mass is 16.5. The molecule has 0 atom stereocenters. The Hall–Kier alpha value is -1.62. The van der Waals surface area contributed by atoms with Crippen molar-refractivity contribution in [3.8, 4) is 0 Å². The van der Waals surface area contributed by atoms with Crippen LogP contribution in [0.4, 0.5) is 0 Å². The predicted molar refractivity (Wildman–Crippen MR) is 69.8 cm³/mol. The van der Waals surface area contributed by atoms with Crippen LogP contribution in [0.5, 0.6) is 0 Å². The summed E-state index contributed by atoms with van der Waals surface area (Å²) in [5.74, 6) is -0.186. The Morgan fingerprint density at radius 1 is 1.39 bits per heavy atom. The van der Waals surface area contributed by atoms with Gasteiger partial charge in [0.05, 0.1) is 12.2 Å². The number of pyridine rings is 1. The molecule has 5 nitrogen and oxygen atoms in total. The number of methoxy groups -OCH3 is 1. The summed E-state index contributed by atoms with van der Waals surface area (Å²) in [5, 5.41) is 2.85. The van der Waals surface area contributed by atoms with E-state index in [2.05, 4.69) is 5.32 Å². The van der Waals surface area contributed by atoms with Crippen LogP contribution in [0.3, 0.4) is 0 Å². The Kier molecular flexibility index (Phi) is 4.67. The fourth-order valence-corrected chi connectivity index (χ4v) is 1.44. The van der Waals surface area contributed by atoms with Crippen molar-refractivity contribution in [3.05, 3.63) is 34.2 Å². The zero-order chi connectivity index (χ0) is 13.8. The van der Waals surface area contributed by atoms with Crippen LogP contribution < -0.4 is 10.9 Å². The van der Waals surface area contributed by atoms with Gasteiger partial charge in [-0.25, -0.2) is 0 Å². The van der Waals surface area contributed by atoms with Crippen LogP contribution in [0.25, 0.3) is 0 Å². The lowest BCUT2D eigenvalue weighted by Crippen LogP contribution is -2.41. The normalized spacial score (nSPS) is 11.3. The van der Waals surface area contributed by atoms with E-state index < -0.39 is 0 Å². The summed E-state index contributed by atoms with van der Waals surface area (Å²) in [6, 6.07) is 2.93. The summed E-state index contributed by atoms with van der Waals surface area (Å²) in [6.07, 6.45) is 1.56. The van der Waals surface area contributed by atoms with Gasteiger partial charge in [-0.1, -0.05) is 0 Å². The van der Waals surface area contributed by atoms with Crippen LogP contribution in [-0.4, -0.2) is 29.7 Å². The maximum Gasteiger partial charge on any atom is 0.253 e. The number of hydrogen-bond donors (Lipinski definition) is 1. The van der Waals surface area contributed by atoms with Gasteiger partial charge in [-0.2, -0.15) is 0 Å². The molecule has 0 radical (unpaired) electrons. The molecule has 1 heterocycles. The number of carbonyl (C=O) groups is 1. The second-order valence-corrected chi connectivity index (χ2v) is 5.15. The first-order chi connectivity index (χ1) is 8.33. The minimum Gasteiger partial charge on any atom is -0.383 e. The third-order valence-corrected chi connectivity index (χ3v) is 2.27. The van der Waals surface area contributed by atoms with Crippen LogP contribution >= 0.6 is 0 Å².